The largest absolute Gasteiger partial charge is 0.419 e. The Balaban J connectivity index is 2.73. The number of thiocarbonyl (C=S) groups is 1. The molecule has 1 aliphatic rings. The van der Waals surface area contributed by atoms with Gasteiger partial charge in [0, 0.05) is 5.56 Å². The van der Waals surface area contributed by atoms with Crippen LogP contribution in [0.3, 0.4) is 0 Å². The smallest absolute Gasteiger partial charge is 0.401 e. The van der Waals surface area contributed by atoms with Crippen LogP contribution in [0.15, 0.2) is 29.3 Å². The summed E-state index contributed by atoms with van der Waals surface area (Å²) in [7, 11) is -2.89. The molecule has 3 atom stereocenters. The maximum absolute atomic E-state index is 14.7. The van der Waals surface area contributed by atoms with Gasteiger partial charge in [-0.1, -0.05) is 39.0 Å². The van der Waals surface area contributed by atoms with Gasteiger partial charge in [-0.25, -0.2) is 9.38 Å². The van der Waals surface area contributed by atoms with E-state index in [9.17, 15) is 17.6 Å². The van der Waals surface area contributed by atoms with Crippen LogP contribution in [0.25, 0.3) is 0 Å². The fourth-order valence-electron chi connectivity index (χ4n) is 3.52. The summed E-state index contributed by atoms with van der Waals surface area (Å²) in [5.74, 6) is -2.00. The number of ether oxygens (including phenoxy) is 1. The summed E-state index contributed by atoms with van der Waals surface area (Å²) in [6, 6.07) is 5.62. The fraction of sp³-hybridized carbons (Fsp3) is 0.650. The van der Waals surface area contributed by atoms with Crippen molar-refractivity contribution in [3.05, 3.63) is 35.6 Å². The maximum Gasteiger partial charge on any atom is 0.419 e. The van der Waals surface area contributed by atoms with E-state index in [0.29, 0.717) is 0 Å². The second kappa shape index (κ2) is 7.85. The molecule has 1 aromatic carbocycles. The van der Waals surface area contributed by atoms with Gasteiger partial charge in [0.1, 0.15) is 11.4 Å². The number of rotatable bonds is 5. The van der Waals surface area contributed by atoms with Crippen LogP contribution in [0.5, 0.6) is 0 Å². The molecule has 0 spiro atoms. The molecule has 0 radical (unpaired) electrons. The van der Waals surface area contributed by atoms with Crippen molar-refractivity contribution in [1.82, 2.24) is 0 Å². The highest BCUT2D eigenvalue weighted by Gasteiger charge is 2.70. The van der Waals surface area contributed by atoms with Gasteiger partial charge in [-0.3, -0.25) is 0 Å². The standard InChI is InChI=1S/C20H27F4NO2SSi/c1-17(2,3)29(5,6)27-19(20(22,23)24)12-26-11-16(19)18(4,25-13-28)14-9-7-8-10-15(14)21/h7-10,16H,11-12H2,1-6H3/t16-,18-,19-/m1/s1. The lowest BCUT2D eigenvalue weighted by Crippen LogP contribution is -2.63. The molecule has 3 nitrogen and oxygen atoms in total. The summed E-state index contributed by atoms with van der Waals surface area (Å²) in [5, 5.41) is 1.70. The zero-order valence-corrected chi connectivity index (χ0v) is 19.3. The molecule has 2 rings (SSSR count). The van der Waals surface area contributed by atoms with Crippen molar-refractivity contribution in [1.29, 1.82) is 0 Å². The first-order chi connectivity index (χ1) is 13.1. The molecule has 1 aliphatic heterocycles. The van der Waals surface area contributed by atoms with Crippen molar-refractivity contribution in [2.24, 2.45) is 10.9 Å². The number of nitrogens with zero attached hydrogens (tertiary/aromatic N) is 1. The third kappa shape index (κ3) is 4.21. The summed E-state index contributed by atoms with van der Waals surface area (Å²) in [6.07, 6.45) is -4.76. The van der Waals surface area contributed by atoms with E-state index in [0.717, 1.165) is 0 Å². The van der Waals surface area contributed by atoms with Crippen molar-refractivity contribution in [2.75, 3.05) is 13.2 Å². The Morgan fingerprint density at radius 3 is 2.28 bits per heavy atom. The second-order valence-corrected chi connectivity index (χ2v) is 14.1. The SMILES string of the molecule is CC(C)(C)[Si](C)(C)O[C@]1(C(F)(F)F)COC[C@@H]1[C@](C)(N=C=S)c1ccccc1F. The minimum Gasteiger partial charge on any atom is -0.401 e. The van der Waals surface area contributed by atoms with E-state index in [-0.39, 0.29) is 12.2 Å². The monoisotopic (exact) mass is 449 g/mol. The van der Waals surface area contributed by atoms with Gasteiger partial charge in [0.2, 0.25) is 0 Å². The maximum atomic E-state index is 14.7. The highest BCUT2D eigenvalue weighted by atomic mass is 32.1. The molecular weight excluding hydrogens is 422 g/mol. The van der Waals surface area contributed by atoms with Crippen LogP contribution in [0.2, 0.25) is 18.1 Å². The Morgan fingerprint density at radius 1 is 1.21 bits per heavy atom. The van der Waals surface area contributed by atoms with E-state index in [1.54, 1.807) is 19.2 Å². The highest BCUT2D eigenvalue weighted by molar-refractivity contribution is 7.78. The first-order valence-electron chi connectivity index (χ1n) is 9.31. The third-order valence-electron chi connectivity index (χ3n) is 6.26. The molecule has 1 aromatic rings. The summed E-state index contributed by atoms with van der Waals surface area (Å²) >= 11 is 4.72. The van der Waals surface area contributed by atoms with Crippen molar-refractivity contribution in [3.8, 4) is 0 Å². The minimum absolute atomic E-state index is 0.000284. The van der Waals surface area contributed by atoms with E-state index < -0.39 is 49.0 Å². The van der Waals surface area contributed by atoms with E-state index in [2.05, 4.69) is 10.2 Å². The molecule has 1 heterocycles. The van der Waals surface area contributed by atoms with Crippen LogP contribution in [-0.2, 0) is 14.7 Å². The van der Waals surface area contributed by atoms with E-state index in [1.165, 1.54) is 25.1 Å². The summed E-state index contributed by atoms with van der Waals surface area (Å²) < 4.78 is 69.9. The van der Waals surface area contributed by atoms with Crippen LogP contribution in [0.1, 0.15) is 33.3 Å². The zero-order chi connectivity index (χ0) is 22.3. The number of alkyl halides is 3. The predicted molar refractivity (Wildman–Crippen MR) is 110 cm³/mol. The van der Waals surface area contributed by atoms with Gasteiger partial charge in [0.15, 0.2) is 13.9 Å². The van der Waals surface area contributed by atoms with Crippen LogP contribution in [-0.4, -0.2) is 38.5 Å². The molecular formula is C20H27F4NO2SSi. The van der Waals surface area contributed by atoms with E-state index in [4.69, 9.17) is 21.4 Å². The Bertz CT molecular complexity index is 804. The van der Waals surface area contributed by atoms with Gasteiger partial charge >= 0.3 is 6.18 Å². The van der Waals surface area contributed by atoms with E-state index >= 15 is 0 Å². The third-order valence-corrected chi connectivity index (χ3v) is 10.8. The molecule has 1 saturated heterocycles. The van der Waals surface area contributed by atoms with Crippen molar-refractivity contribution in [3.63, 3.8) is 0 Å². The van der Waals surface area contributed by atoms with Crippen LogP contribution in [0.4, 0.5) is 17.6 Å². The summed E-state index contributed by atoms with van der Waals surface area (Å²) in [5.41, 5.74) is -4.30. The number of hydrogen-bond acceptors (Lipinski definition) is 4. The average molecular weight is 450 g/mol. The number of benzene rings is 1. The Labute approximate surface area is 175 Å². The molecule has 162 valence electrons. The molecule has 0 saturated carbocycles. The van der Waals surface area contributed by atoms with Crippen LogP contribution < -0.4 is 0 Å². The van der Waals surface area contributed by atoms with Gasteiger partial charge in [-0.15, -0.1) is 0 Å². The average Bonchev–Trinajstić information content (AvgIpc) is 2.99. The second-order valence-electron chi connectivity index (χ2n) is 9.15. The Hall–Kier alpha value is -1.12. The predicted octanol–water partition coefficient (Wildman–Crippen LogP) is 6.11. The fourth-order valence-corrected chi connectivity index (χ4v) is 5.24. The van der Waals surface area contributed by atoms with Gasteiger partial charge in [-0.2, -0.15) is 13.2 Å². The van der Waals surface area contributed by atoms with Crippen molar-refractivity contribution in [2.45, 2.75) is 63.1 Å². The zero-order valence-electron chi connectivity index (χ0n) is 17.5. The van der Waals surface area contributed by atoms with Crippen molar-refractivity contribution < 1.29 is 26.7 Å². The van der Waals surface area contributed by atoms with Gasteiger partial charge in [-0.05, 0) is 43.3 Å². The van der Waals surface area contributed by atoms with Gasteiger partial charge in [0.25, 0.3) is 0 Å². The molecule has 0 bridgehead atoms. The number of aliphatic imine (C=N–C) groups is 1. The van der Waals surface area contributed by atoms with Gasteiger partial charge in [0.05, 0.1) is 24.3 Å². The lowest BCUT2D eigenvalue weighted by Gasteiger charge is -2.49. The number of halogens is 4. The lowest BCUT2D eigenvalue weighted by molar-refractivity contribution is -0.269. The summed E-state index contributed by atoms with van der Waals surface area (Å²) in [6.45, 7) is 9.54. The molecule has 1 fully saturated rings. The number of hydrogen-bond donors (Lipinski definition) is 0. The Kier molecular flexibility index (Phi) is 6.54. The van der Waals surface area contributed by atoms with Gasteiger partial charge < -0.3 is 9.16 Å². The first-order valence-corrected chi connectivity index (χ1v) is 12.6. The number of isothiocyanates is 1. The minimum atomic E-state index is -4.76. The molecule has 0 amide bonds. The van der Waals surface area contributed by atoms with Crippen molar-refractivity contribution >= 4 is 25.7 Å². The van der Waals surface area contributed by atoms with Crippen LogP contribution in [0, 0.1) is 11.7 Å². The molecule has 0 aromatic heterocycles. The van der Waals surface area contributed by atoms with Crippen LogP contribution >= 0.6 is 12.2 Å². The topological polar surface area (TPSA) is 30.8 Å². The highest BCUT2D eigenvalue weighted by Crippen LogP contribution is 2.55. The summed E-state index contributed by atoms with van der Waals surface area (Å²) in [4.78, 5) is 4.05. The lowest BCUT2D eigenvalue weighted by atomic mass is 9.72. The first kappa shape index (κ1) is 24.1. The van der Waals surface area contributed by atoms with E-state index in [1.807, 2.05) is 20.8 Å². The normalized spacial score (nSPS) is 25.4. The Morgan fingerprint density at radius 2 is 1.79 bits per heavy atom. The quantitative estimate of drug-likeness (QED) is 0.235. The molecule has 9 heteroatoms. The molecule has 29 heavy (non-hydrogen) atoms. The molecule has 0 aliphatic carbocycles. The molecule has 0 N–H and O–H groups in total. The molecule has 0 unspecified atom stereocenters.